The van der Waals surface area contributed by atoms with Crippen molar-refractivity contribution in [2.75, 3.05) is 12.0 Å². The molecule has 0 fully saturated rings. The van der Waals surface area contributed by atoms with Gasteiger partial charge in [-0.25, -0.2) is 4.79 Å². The van der Waals surface area contributed by atoms with E-state index in [1.165, 1.54) is 25.6 Å². The normalized spacial score (nSPS) is 17.0. The van der Waals surface area contributed by atoms with E-state index in [2.05, 4.69) is 0 Å². The van der Waals surface area contributed by atoms with Gasteiger partial charge in [0.2, 0.25) is 17.4 Å². The Hall–Kier alpha value is -2.02. The molecule has 0 saturated heterocycles. The number of nitrogens with two attached hydrogens (primary N) is 3. The van der Waals surface area contributed by atoms with Gasteiger partial charge in [-0.3, -0.25) is 24.1 Å². The smallest absolute Gasteiger partial charge is 0.338 e. The molecule has 0 aromatic rings. The maximum Gasteiger partial charge on any atom is 0.338 e. The molecule has 0 rings (SSSR count). The molecule has 178 valence electrons. The van der Waals surface area contributed by atoms with Crippen LogP contribution in [0.15, 0.2) is 0 Å². The zero-order valence-electron chi connectivity index (χ0n) is 18.4. The lowest BCUT2D eigenvalue weighted by molar-refractivity contribution is -0.176. The maximum atomic E-state index is 13.4. The molecule has 8 N–H and O–H groups in total. The number of ketones is 1. The summed E-state index contributed by atoms with van der Waals surface area (Å²) in [5, 5.41) is 19.1. The van der Waals surface area contributed by atoms with Crippen molar-refractivity contribution in [3.63, 3.8) is 0 Å². The summed E-state index contributed by atoms with van der Waals surface area (Å²) in [5.41, 5.74) is 14.8. The van der Waals surface area contributed by atoms with Crippen molar-refractivity contribution < 1.29 is 34.2 Å². The molecule has 0 aliphatic heterocycles. The van der Waals surface area contributed by atoms with E-state index in [4.69, 9.17) is 22.3 Å². The summed E-state index contributed by atoms with van der Waals surface area (Å²) in [4.78, 5) is 63.5. The lowest BCUT2D eigenvalue weighted by Crippen LogP contribution is -2.73. The van der Waals surface area contributed by atoms with Crippen molar-refractivity contribution in [3.8, 4) is 0 Å². The van der Waals surface area contributed by atoms with Crippen LogP contribution in [0.2, 0.25) is 0 Å². The van der Waals surface area contributed by atoms with E-state index in [0.29, 0.717) is 10.7 Å². The molecular formula is C19H34N4O7S. The van der Waals surface area contributed by atoms with Crippen molar-refractivity contribution in [1.82, 2.24) is 4.90 Å². The van der Waals surface area contributed by atoms with E-state index in [1.54, 1.807) is 13.2 Å². The second-order valence-electron chi connectivity index (χ2n) is 7.47. The number of hydrogen-bond donors (Lipinski definition) is 5. The van der Waals surface area contributed by atoms with Gasteiger partial charge < -0.3 is 27.4 Å². The number of hydrogen-bond acceptors (Lipinski definition) is 9. The summed E-state index contributed by atoms with van der Waals surface area (Å²) in [6.45, 7) is 4.25. The molecule has 0 radical (unpaired) electrons. The third-order valence-electron chi connectivity index (χ3n) is 5.17. The van der Waals surface area contributed by atoms with Crippen molar-refractivity contribution in [1.29, 1.82) is 0 Å². The minimum atomic E-state index is -2.68. The fraction of sp³-hybridized carbons (Fsp3) is 0.737. The van der Waals surface area contributed by atoms with Crippen LogP contribution in [0, 0.1) is 5.92 Å². The molecule has 5 atom stereocenters. The van der Waals surface area contributed by atoms with Gasteiger partial charge in [-0.15, -0.1) is 0 Å². The van der Waals surface area contributed by atoms with Gasteiger partial charge in [0.15, 0.2) is 5.78 Å². The van der Waals surface area contributed by atoms with E-state index in [1.807, 2.05) is 0 Å². The Balaban J connectivity index is 6.76. The number of carbonyl (C=O) groups is 5. The third kappa shape index (κ3) is 6.73. The molecule has 2 amide bonds. The standard InChI is InChI=1S/C19H34N4O7S/c1-5-10(2)19(18(29)30,15(26)12(21)6-7-14(24)25)23(16(27)11(3)20)17(28)13(22)8-9-31-4/h10-13H,5-9,20-22H2,1-4H3,(H,24,25)(H,29,30). The summed E-state index contributed by atoms with van der Waals surface area (Å²) < 4.78 is 0. The molecule has 0 saturated carbocycles. The van der Waals surface area contributed by atoms with Crippen molar-refractivity contribution >= 4 is 41.3 Å². The fourth-order valence-electron chi connectivity index (χ4n) is 3.17. The number of rotatable bonds is 14. The number of nitrogens with zero attached hydrogens (tertiary/aromatic N) is 1. The van der Waals surface area contributed by atoms with Crippen LogP contribution in [0.5, 0.6) is 0 Å². The van der Waals surface area contributed by atoms with Crippen LogP contribution in [0.4, 0.5) is 0 Å². The SMILES string of the molecule is CCC(C)C(C(=O)O)(C(=O)C(N)CCC(=O)O)N(C(=O)C(C)N)C(=O)C(N)CCSC. The second-order valence-corrected chi connectivity index (χ2v) is 8.46. The highest BCUT2D eigenvalue weighted by Gasteiger charge is 2.60. The zero-order valence-corrected chi connectivity index (χ0v) is 19.2. The Bertz CT molecular complexity index is 688. The molecule has 0 bridgehead atoms. The summed E-state index contributed by atoms with van der Waals surface area (Å²) in [6.07, 6.45) is 1.16. The number of aliphatic carboxylic acids is 2. The highest BCUT2D eigenvalue weighted by molar-refractivity contribution is 7.98. The lowest BCUT2D eigenvalue weighted by atomic mass is 9.74. The van der Waals surface area contributed by atoms with Gasteiger partial charge in [-0.2, -0.15) is 11.8 Å². The van der Waals surface area contributed by atoms with E-state index in [0.717, 1.165) is 0 Å². The van der Waals surface area contributed by atoms with Crippen LogP contribution in [0.25, 0.3) is 0 Å². The van der Waals surface area contributed by atoms with E-state index in [-0.39, 0.29) is 19.3 Å². The average molecular weight is 463 g/mol. The van der Waals surface area contributed by atoms with E-state index >= 15 is 0 Å². The minimum Gasteiger partial charge on any atom is -0.481 e. The first-order chi connectivity index (χ1) is 14.3. The predicted molar refractivity (Wildman–Crippen MR) is 116 cm³/mol. The number of Topliss-reactive ketones (excluding diaryl/α,β-unsaturated/α-hetero) is 1. The van der Waals surface area contributed by atoms with Gasteiger partial charge in [0, 0.05) is 6.42 Å². The number of imide groups is 1. The second kappa shape index (κ2) is 12.7. The molecule has 0 aliphatic carbocycles. The first-order valence-electron chi connectivity index (χ1n) is 9.93. The van der Waals surface area contributed by atoms with Crippen LogP contribution in [-0.2, 0) is 24.0 Å². The predicted octanol–water partition coefficient (Wildman–Crippen LogP) is -0.600. The largest absolute Gasteiger partial charge is 0.481 e. The van der Waals surface area contributed by atoms with E-state index in [9.17, 15) is 29.1 Å². The summed E-state index contributed by atoms with van der Waals surface area (Å²) >= 11 is 1.40. The van der Waals surface area contributed by atoms with Crippen LogP contribution in [0.1, 0.15) is 46.5 Å². The quantitative estimate of drug-likeness (QED) is 0.206. The maximum absolute atomic E-state index is 13.4. The van der Waals surface area contributed by atoms with Gasteiger partial charge >= 0.3 is 11.9 Å². The van der Waals surface area contributed by atoms with Gasteiger partial charge in [0.1, 0.15) is 0 Å². The lowest BCUT2D eigenvalue weighted by Gasteiger charge is -2.44. The van der Waals surface area contributed by atoms with Crippen molar-refractivity contribution in [2.24, 2.45) is 23.1 Å². The molecular weight excluding hydrogens is 428 g/mol. The Morgan fingerprint density at radius 1 is 0.968 bits per heavy atom. The molecule has 5 unspecified atom stereocenters. The Labute approximate surface area is 186 Å². The molecule has 11 nitrogen and oxygen atoms in total. The average Bonchev–Trinajstić information content (AvgIpc) is 2.71. The molecule has 31 heavy (non-hydrogen) atoms. The Morgan fingerprint density at radius 3 is 1.90 bits per heavy atom. The fourth-order valence-corrected chi connectivity index (χ4v) is 3.66. The number of thioether (sulfide) groups is 1. The molecule has 0 aromatic carbocycles. The van der Waals surface area contributed by atoms with Crippen LogP contribution in [0.3, 0.4) is 0 Å². The van der Waals surface area contributed by atoms with Crippen LogP contribution < -0.4 is 17.2 Å². The number of carboxylic acid groups (broad SMARTS) is 2. The Kier molecular flexibility index (Phi) is 11.9. The zero-order chi connectivity index (χ0) is 24.5. The Morgan fingerprint density at radius 2 is 1.52 bits per heavy atom. The monoisotopic (exact) mass is 462 g/mol. The van der Waals surface area contributed by atoms with Crippen LogP contribution >= 0.6 is 11.8 Å². The van der Waals surface area contributed by atoms with Gasteiger partial charge in [0.25, 0.3) is 0 Å². The number of amides is 2. The van der Waals surface area contributed by atoms with Gasteiger partial charge in [-0.1, -0.05) is 20.3 Å². The number of carbonyl (C=O) groups excluding carboxylic acids is 3. The van der Waals surface area contributed by atoms with E-state index < -0.39 is 65.5 Å². The summed E-state index contributed by atoms with van der Waals surface area (Å²) in [7, 11) is 0. The topological polar surface area (TPSA) is 207 Å². The van der Waals surface area contributed by atoms with Crippen molar-refractivity contribution in [2.45, 2.75) is 70.1 Å². The highest BCUT2D eigenvalue weighted by atomic mass is 32.2. The summed E-state index contributed by atoms with van der Waals surface area (Å²) in [6, 6.07) is -4.09. The van der Waals surface area contributed by atoms with Gasteiger partial charge in [0.05, 0.1) is 18.1 Å². The number of carboxylic acids is 2. The minimum absolute atomic E-state index is 0.0970. The molecule has 0 aliphatic rings. The van der Waals surface area contributed by atoms with Crippen molar-refractivity contribution in [3.05, 3.63) is 0 Å². The molecule has 0 heterocycles. The first-order valence-corrected chi connectivity index (χ1v) is 11.3. The molecule has 12 heteroatoms. The molecule has 0 spiro atoms. The van der Waals surface area contributed by atoms with Crippen LogP contribution in [-0.4, -0.2) is 80.3 Å². The van der Waals surface area contributed by atoms with Gasteiger partial charge in [-0.05, 0) is 37.7 Å². The third-order valence-corrected chi connectivity index (χ3v) is 5.81. The molecule has 0 aromatic heterocycles. The highest BCUT2D eigenvalue weighted by Crippen LogP contribution is 2.33. The first kappa shape index (κ1) is 29.0. The summed E-state index contributed by atoms with van der Waals surface area (Å²) in [5.74, 6) is -6.84.